The maximum Gasteiger partial charge on any atom is 0.124 e. The van der Waals surface area contributed by atoms with E-state index in [1.807, 2.05) is 24.3 Å². The average molecular weight is 209 g/mol. The van der Waals surface area contributed by atoms with Gasteiger partial charge in [0.1, 0.15) is 11.5 Å². The first kappa shape index (κ1) is 9.04. The normalized spacial score (nSPS) is 11.0. The van der Waals surface area contributed by atoms with Crippen LogP contribution in [0.1, 0.15) is 0 Å². The Labute approximate surface area is 92.4 Å². The summed E-state index contributed by atoms with van der Waals surface area (Å²) >= 11 is 0. The lowest BCUT2D eigenvalue weighted by Gasteiger charge is -2.06. The van der Waals surface area contributed by atoms with Gasteiger partial charge in [0.05, 0.1) is 0 Å². The third-order valence-electron chi connectivity index (χ3n) is 2.73. The fourth-order valence-electron chi connectivity index (χ4n) is 2.00. The molecular weight excluding hydrogens is 200 g/mol. The minimum atomic E-state index is 0.156. The lowest BCUT2D eigenvalue weighted by Crippen LogP contribution is -1.79. The molecule has 0 spiro atoms. The summed E-state index contributed by atoms with van der Waals surface area (Å²) < 4.78 is 0. The Bertz CT molecular complexity index is 687. The van der Waals surface area contributed by atoms with E-state index in [0.29, 0.717) is 5.39 Å². The predicted molar refractivity (Wildman–Crippen MR) is 63.6 cm³/mol. The van der Waals surface area contributed by atoms with Gasteiger partial charge in [0.25, 0.3) is 0 Å². The molecule has 0 atom stereocenters. The number of phenols is 2. The van der Waals surface area contributed by atoms with Gasteiger partial charge in [0.2, 0.25) is 0 Å². The SMILES string of the molecule is Oc1c[c]c2c(O)cc3ccccc3c2c1. The van der Waals surface area contributed by atoms with Crippen molar-refractivity contribution in [2.75, 3.05) is 0 Å². The van der Waals surface area contributed by atoms with E-state index in [9.17, 15) is 10.2 Å². The van der Waals surface area contributed by atoms with Gasteiger partial charge in [0, 0.05) is 5.39 Å². The van der Waals surface area contributed by atoms with Gasteiger partial charge in [-0.15, -0.1) is 0 Å². The Morgan fingerprint density at radius 3 is 2.62 bits per heavy atom. The Hall–Kier alpha value is -2.22. The molecule has 0 aromatic heterocycles. The molecule has 2 nitrogen and oxygen atoms in total. The van der Waals surface area contributed by atoms with Crippen LogP contribution in [0.4, 0.5) is 0 Å². The largest absolute Gasteiger partial charge is 0.508 e. The molecule has 77 valence electrons. The van der Waals surface area contributed by atoms with Crippen molar-refractivity contribution in [1.29, 1.82) is 0 Å². The number of rotatable bonds is 0. The molecule has 0 saturated heterocycles. The maximum atomic E-state index is 9.85. The molecule has 0 bridgehead atoms. The van der Waals surface area contributed by atoms with Crippen molar-refractivity contribution < 1.29 is 10.2 Å². The van der Waals surface area contributed by atoms with Crippen LogP contribution >= 0.6 is 0 Å². The number of benzene rings is 3. The van der Waals surface area contributed by atoms with Crippen LogP contribution in [0, 0.1) is 6.07 Å². The molecule has 0 unspecified atom stereocenters. The van der Waals surface area contributed by atoms with Crippen LogP contribution in [0.25, 0.3) is 21.5 Å². The lowest BCUT2D eigenvalue weighted by atomic mass is 10.0. The third-order valence-corrected chi connectivity index (χ3v) is 2.73. The molecule has 0 amide bonds. The molecule has 0 fully saturated rings. The number of fused-ring (bicyclic) bond motifs is 3. The predicted octanol–water partition coefficient (Wildman–Crippen LogP) is 3.20. The van der Waals surface area contributed by atoms with Crippen molar-refractivity contribution in [3.8, 4) is 11.5 Å². The monoisotopic (exact) mass is 209 g/mol. The Balaban J connectivity index is 2.61. The summed E-state index contributed by atoms with van der Waals surface area (Å²) in [5.74, 6) is 0.344. The van der Waals surface area contributed by atoms with Crippen molar-refractivity contribution in [2.45, 2.75) is 0 Å². The number of phenolic OH excluding ortho intramolecular Hbond substituents is 2. The first-order valence-corrected chi connectivity index (χ1v) is 5.01. The zero-order chi connectivity index (χ0) is 11.1. The molecular formula is C14H9O2. The molecule has 3 rings (SSSR count). The van der Waals surface area contributed by atoms with Gasteiger partial charge in [-0.25, -0.2) is 0 Å². The maximum absolute atomic E-state index is 9.85. The van der Waals surface area contributed by atoms with E-state index in [1.54, 1.807) is 12.1 Å². The molecule has 2 N–H and O–H groups in total. The first-order chi connectivity index (χ1) is 7.75. The topological polar surface area (TPSA) is 40.5 Å². The second kappa shape index (κ2) is 3.14. The zero-order valence-electron chi connectivity index (χ0n) is 8.44. The molecule has 16 heavy (non-hydrogen) atoms. The second-order valence-corrected chi connectivity index (χ2v) is 3.76. The highest BCUT2D eigenvalue weighted by Gasteiger charge is 2.06. The van der Waals surface area contributed by atoms with E-state index in [0.717, 1.165) is 16.2 Å². The van der Waals surface area contributed by atoms with Crippen LogP contribution in [0.3, 0.4) is 0 Å². The molecule has 0 saturated carbocycles. The molecule has 0 aliphatic carbocycles. The number of aromatic hydroxyl groups is 2. The summed E-state index contributed by atoms with van der Waals surface area (Å²) in [6.45, 7) is 0. The van der Waals surface area contributed by atoms with Gasteiger partial charge in [-0.2, -0.15) is 0 Å². The minimum Gasteiger partial charge on any atom is -0.508 e. The van der Waals surface area contributed by atoms with Gasteiger partial charge in [-0.1, -0.05) is 24.3 Å². The Kier molecular flexibility index (Phi) is 1.77. The van der Waals surface area contributed by atoms with Crippen molar-refractivity contribution in [1.82, 2.24) is 0 Å². The highest BCUT2D eigenvalue weighted by Crippen LogP contribution is 2.33. The zero-order valence-corrected chi connectivity index (χ0v) is 8.44. The van der Waals surface area contributed by atoms with E-state index in [-0.39, 0.29) is 11.5 Å². The van der Waals surface area contributed by atoms with Gasteiger partial charge in [-0.3, -0.25) is 0 Å². The highest BCUT2D eigenvalue weighted by molar-refractivity contribution is 6.10. The Morgan fingerprint density at radius 2 is 1.75 bits per heavy atom. The molecule has 0 heterocycles. The molecule has 0 aliphatic heterocycles. The van der Waals surface area contributed by atoms with Crippen molar-refractivity contribution in [3.63, 3.8) is 0 Å². The summed E-state index contributed by atoms with van der Waals surface area (Å²) in [5, 5.41) is 22.7. The summed E-state index contributed by atoms with van der Waals surface area (Å²) in [7, 11) is 0. The molecule has 2 heteroatoms. The molecule has 3 aromatic rings. The van der Waals surface area contributed by atoms with E-state index >= 15 is 0 Å². The van der Waals surface area contributed by atoms with Gasteiger partial charge >= 0.3 is 0 Å². The second-order valence-electron chi connectivity index (χ2n) is 3.76. The van der Waals surface area contributed by atoms with Crippen molar-refractivity contribution >= 4 is 21.5 Å². The number of hydrogen-bond acceptors (Lipinski definition) is 2. The molecule has 0 aliphatic rings. The van der Waals surface area contributed by atoms with Gasteiger partial charge in [-0.05, 0) is 40.4 Å². The fraction of sp³-hybridized carbons (Fsp3) is 0. The smallest absolute Gasteiger partial charge is 0.124 e. The summed E-state index contributed by atoms with van der Waals surface area (Å²) in [6, 6.07) is 15.4. The summed E-state index contributed by atoms with van der Waals surface area (Å²) in [6.07, 6.45) is 0. The van der Waals surface area contributed by atoms with Crippen molar-refractivity contribution in [3.05, 3.63) is 48.5 Å². The van der Waals surface area contributed by atoms with E-state index < -0.39 is 0 Å². The summed E-state index contributed by atoms with van der Waals surface area (Å²) in [4.78, 5) is 0. The first-order valence-electron chi connectivity index (χ1n) is 5.01. The third kappa shape index (κ3) is 1.20. The van der Waals surface area contributed by atoms with Gasteiger partial charge in [0.15, 0.2) is 0 Å². The average Bonchev–Trinajstić information content (AvgIpc) is 2.29. The van der Waals surface area contributed by atoms with Gasteiger partial charge < -0.3 is 10.2 Å². The minimum absolute atomic E-state index is 0.156. The van der Waals surface area contributed by atoms with Crippen LogP contribution in [0.2, 0.25) is 0 Å². The van der Waals surface area contributed by atoms with Crippen LogP contribution < -0.4 is 0 Å². The highest BCUT2D eigenvalue weighted by atomic mass is 16.3. The van der Waals surface area contributed by atoms with Crippen LogP contribution in [-0.2, 0) is 0 Å². The molecule has 1 radical (unpaired) electrons. The van der Waals surface area contributed by atoms with Crippen LogP contribution in [-0.4, -0.2) is 10.2 Å². The number of hydrogen-bond donors (Lipinski definition) is 2. The Morgan fingerprint density at radius 1 is 0.938 bits per heavy atom. The lowest BCUT2D eigenvalue weighted by molar-refractivity contribution is 0.475. The van der Waals surface area contributed by atoms with Crippen LogP contribution in [0.5, 0.6) is 11.5 Å². The van der Waals surface area contributed by atoms with E-state index in [1.165, 1.54) is 6.07 Å². The quantitative estimate of drug-likeness (QED) is 0.558. The van der Waals surface area contributed by atoms with E-state index in [4.69, 9.17) is 0 Å². The fourth-order valence-corrected chi connectivity index (χ4v) is 2.00. The van der Waals surface area contributed by atoms with Crippen LogP contribution in [0.15, 0.2) is 42.5 Å². The molecule has 3 aromatic carbocycles. The van der Waals surface area contributed by atoms with E-state index in [2.05, 4.69) is 6.07 Å². The van der Waals surface area contributed by atoms with Crippen molar-refractivity contribution in [2.24, 2.45) is 0 Å². The summed E-state index contributed by atoms with van der Waals surface area (Å²) in [5.41, 5.74) is 0. The standard InChI is InChI=1S/C14H9O2/c15-10-5-6-12-13(8-10)11-4-2-1-3-9(11)7-14(12)16/h1-5,7-8,15-16H.